The Hall–Kier alpha value is -3.91. The van der Waals surface area contributed by atoms with Crippen molar-refractivity contribution in [2.75, 3.05) is 26.2 Å². The molecule has 1 amide bonds. The summed E-state index contributed by atoms with van der Waals surface area (Å²) in [6.07, 6.45) is 1.42. The number of furan rings is 1. The van der Waals surface area contributed by atoms with Gasteiger partial charge in [-0.3, -0.25) is 14.5 Å². The van der Waals surface area contributed by atoms with E-state index < -0.39 is 17.7 Å². The predicted molar refractivity (Wildman–Crippen MR) is 121 cm³/mol. The van der Waals surface area contributed by atoms with Crippen LogP contribution < -0.4 is 19.1 Å². The standard InChI is InChI=1S/C24H20ClNO7/c1-30-16-8-6-13(11-15(16)25)22(27)20-21(18-5-4-10-33-18)26(24(29)23(20)28)14-7-9-17(31-2)19(12-14)32-3/h4-12,21,27H,1-3H3/b22-20-. The monoisotopic (exact) mass is 469 g/mol. The van der Waals surface area contributed by atoms with Crippen molar-refractivity contribution in [1.82, 2.24) is 0 Å². The number of ketones is 1. The molecule has 1 aliphatic heterocycles. The number of ether oxygens (including phenoxy) is 3. The summed E-state index contributed by atoms with van der Waals surface area (Å²) in [6, 6.07) is 11.6. The molecule has 0 aliphatic carbocycles. The molecule has 0 saturated carbocycles. The molecular formula is C24H20ClNO7. The zero-order valence-electron chi connectivity index (χ0n) is 18.0. The number of aliphatic hydroxyl groups is 1. The quantitative estimate of drug-likeness (QED) is 0.320. The number of anilines is 1. The van der Waals surface area contributed by atoms with Crippen LogP contribution >= 0.6 is 11.6 Å². The number of rotatable bonds is 6. The number of carbonyl (C=O) groups is 2. The zero-order chi connectivity index (χ0) is 23.7. The molecule has 4 rings (SSSR count). The molecule has 1 atom stereocenters. The van der Waals surface area contributed by atoms with Crippen molar-refractivity contribution in [3.05, 3.63) is 76.7 Å². The fourth-order valence-corrected chi connectivity index (χ4v) is 4.02. The third-order valence-corrected chi connectivity index (χ3v) is 5.62. The van der Waals surface area contributed by atoms with Gasteiger partial charge in [0.15, 0.2) is 11.5 Å². The number of hydrogen-bond donors (Lipinski definition) is 1. The smallest absolute Gasteiger partial charge is 0.300 e. The molecule has 8 nitrogen and oxygen atoms in total. The highest BCUT2D eigenvalue weighted by atomic mass is 35.5. The van der Waals surface area contributed by atoms with Crippen LogP contribution in [-0.2, 0) is 9.59 Å². The van der Waals surface area contributed by atoms with Gasteiger partial charge in [-0.1, -0.05) is 11.6 Å². The minimum absolute atomic E-state index is 0.133. The Morgan fingerprint density at radius 2 is 1.67 bits per heavy atom. The Balaban J connectivity index is 1.90. The molecule has 170 valence electrons. The van der Waals surface area contributed by atoms with E-state index in [4.69, 9.17) is 30.2 Å². The van der Waals surface area contributed by atoms with Crippen LogP contribution in [0.1, 0.15) is 17.4 Å². The molecule has 3 aromatic rings. The van der Waals surface area contributed by atoms with Gasteiger partial charge in [-0.25, -0.2) is 0 Å². The van der Waals surface area contributed by atoms with E-state index in [2.05, 4.69) is 0 Å². The van der Waals surface area contributed by atoms with Crippen LogP contribution in [0.15, 0.2) is 64.8 Å². The van der Waals surface area contributed by atoms with E-state index in [9.17, 15) is 14.7 Å². The van der Waals surface area contributed by atoms with Crippen molar-refractivity contribution in [1.29, 1.82) is 0 Å². The molecule has 0 spiro atoms. The first-order chi connectivity index (χ1) is 15.9. The lowest BCUT2D eigenvalue weighted by Gasteiger charge is -2.24. The molecule has 1 N–H and O–H groups in total. The molecular weight excluding hydrogens is 450 g/mol. The van der Waals surface area contributed by atoms with Crippen LogP contribution in [0.2, 0.25) is 5.02 Å². The third kappa shape index (κ3) is 3.78. The van der Waals surface area contributed by atoms with Crippen molar-refractivity contribution < 1.29 is 33.3 Å². The second kappa shape index (κ2) is 8.91. The molecule has 1 unspecified atom stereocenters. The summed E-state index contributed by atoms with van der Waals surface area (Å²) in [4.78, 5) is 27.5. The average Bonchev–Trinajstić information content (AvgIpc) is 3.45. The summed E-state index contributed by atoms with van der Waals surface area (Å²) >= 11 is 6.20. The Morgan fingerprint density at radius 3 is 2.27 bits per heavy atom. The first-order valence-corrected chi connectivity index (χ1v) is 10.2. The minimum atomic E-state index is -1.01. The second-order valence-corrected chi connectivity index (χ2v) is 7.48. The molecule has 1 aliphatic rings. The maximum absolute atomic E-state index is 13.2. The van der Waals surface area contributed by atoms with Crippen LogP contribution in [0.5, 0.6) is 17.2 Å². The lowest BCUT2D eigenvalue weighted by atomic mass is 9.99. The van der Waals surface area contributed by atoms with E-state index in [1.807, 2.05) is 0 Å². The number of Topliss-reactive ketones (excluding diaryl/α,β-unsaturated/α-hetero) is 1. The van der Waals surface area contributed by atoms with Gasteiger partial charge >= 0.3 is 0 Å². The summed E-state index contributed by atoms with van der Waals surface area (Å²) in [5.74, 6) is -0.549. The number of hydrogen-bond acceptors (Lipinski definition) is 7. The normalized spacial score (nSPS) is 17.3. The molecule has 9 heteroatoms. The Kier molecular flexibility index (Phi) is 6.02. The summed E-state index contributed by atoms with van der Waals surface area (Å²) < 4.78 is 21.3. The highest BCUT2D eigenvalue weighted by Crippen LogP contribution is 2.44. The van der Waals surface area contributed by atoms with E-state index in [1.165, 1.54) is 38.6 Å². The van der Waals surface area contributed by atoms with Crippen molar-refractivity contribution in [2.45, 2.75) is 6.04 Å². The molecule has 0 radical (unpaired) electrons. The van der Waals surface area contributed by atoms with E-state index in [0.717, 1.165) is 0 Å². The number of methoxy groups -OCH3 is 3. The molecule has 2 aromatic carbocycles. The van der Waals surface area contributed by atoms with Gasteiger partial charge in [-0.2, -0.15) is 0 Å². The summed E-state index contributed by atoms with van der Waals surface area (Å²) in [5.41, 5.74) is 0.483. The van der Waals surface area contributed by atoms with Gasteiger partial charge in [0.2, 0.25) is 0 Å². The summed E-state index contributed by atoms with van der Waals surface area (Å²) in [5, 5.41) is 11.3. The van der Waals surface area contributed by atoms with Crippen molar-refractivity contribution in [3.8, 4) is 17.2 Å². The molecule has 33 heavy (non-hydrogen) atoms. The van der Waals surface area contributed by atoms with E-state index in [0.29, 0.717) is 28.7 Å². The topological polar surface area (TPSA) is 98.4 Å². The third-order valence-electron chi connectivity index (χ3n) is 5.33. The van der Waals surface area contributed by atoms with Gasteiger partial charge in [-0.05, 0) is 42.5 Å². The van der Waals surface area contributed by atoms with Crippen LogP contribution in [-0.4, -0.2) is 38.1 Å². The number of aliphatic hydroxyl groups excluding tert-OH is 1. The van der Waals surface area contributed by atoms with Gasteiger partial charge in [0.25, 0.3) is 11.7 Å². The van der Waals surface area contributed by atoms with Crippen molar-refractivity contribution in [3.63, 3.8) is 0 Å². The van der Waals surface area contributed by atoms with E-state index in [-0.39, 0.29) is 21.9 Å². The lowest BCUT2D eigenvalue weighted by Crippen LogP contribution is -2.29. The largest absolute Gasteiger partial charge is 0.507 e. The number of amides is 1. The van der Waals surface area contributed by atoms with Gasteiger partial charge in [0.1, 0.15) is 23.3 Å². The number of halogens is 1. The maximum Gasteiger partial charge on any atom is 0.300 e. The SMILES string of the molecule is COc1ccc(/C(O)=C2/C(=O)C(=O)N(c3ccc(OC)c(OC)c3)C2c2ccco2)cc1Cl. The second-order valence-electron chi connectivity index (χ2n) is 7.07. The van der Waals surface area contributed by atoms with Crippen LogP contribution in [0.3, 0.4) is 0 Å². The highest BCUT2D eigenvalue weighted by Gasteiger charge is 2.48. The van der Waals surface area contributed by atoms with Crippen LogP contribution in [0.4, 0.5) is 5.69 Å². The van der Waals surface area contributed by atoms with Gasteiger partial charge < -0.3 is 23.7 Å². The Morgan fingerprint density at radius 1 is 0.970 bits per heavy atom. The number of nitrogens with zero attached hydrogens (tertiary/aromatic N) is 1. The molecule has 1 saturated heterocycles. The van der Waals surface area contributed by atoms with Gasteiger partial charge in [-0.15, -0.1) is 0 Å². The van der Waals surface area contributed by atoms with Gasteiger partial charge in [0, 0.05) is 17.3 Å². The lowest BCUT2D eigenvalue weighted by molar-refractivity contribution is -0.132. The minimum Gasteiger partial charge on any atom is -0.507 e. The average molecular weight is 470 g/mol. The fraction of sp³-hybridized carbons (Fsp3) is 0.167. The Labute approximate surface area is 194 Å². The van der Waals surface area contributed by atoms with Gasteiger partial charge in [0.05, 0.1) is 38.2 Å². The molecule has 0 bridgehead atoms. The summed E-state index contributed by atoms with van der Waals surface area (Å²) in [6.45, 7) is 0. The van der Waals surface area contributed by atoms with Crippen LogP contribution in [0, 0.1) is 0 Å². The first-order valence-electron chi connectivity index (χ1n) is 9.81. The molecule has 1 aromatic heterocycles. The molecule has 1 fully saturated rings. The van der Waals surface area contributed by atoms with Crippen molar-refractivity contribution in [2.24, 2.45) is 0 Å². The maximum atomic E-state index is 13.2. The first kappa shape index (κ1) is 22.3. The highest BCUT2D eigenvalue weighted by molar-refractivity contribution is 6.51. The number of carbonyl (C=O) groups excluding carboxylic acids is 2. The van der Waals surface area contributed by atoms with E-state index in [1.54, 1.807) is 42.5 Å². The predicted octanol–water partition coefficient (Wildman–Crippen LogP) is 4.59. The van der Waals surface area contributed by atoms with Crippen molar-refractivity contribution >= 4 is 34.7 Å². The Bertz CT molecular complexity index is 1250. The van der Waals surface area contributed by atoms with Crippen LogP contribution in [0.25, 0.3) is 5.76 Å². The fourth-order valence-electron chi connectivity index (χ4n) is 3.76. The summed E-state index contributed by atoms with van der Waals surface area (Å²) in [7, 11) is 4.42. The molecule has 2 heterocycles. The number of benzene rings is 2. The zero-order valence-corrected chi connectivity index (χ0v) is 18.8. The van der Waals surface area contributed by atoms with E-state index >= 15 is 0 Å².